The molecule has 2 aliphatic heterocycles. The van der Waals surface area contributed by atoms with Crippen molar-refractivity contribution in [3.05, 3.63) is 69.0 Å². The third kappa shape index (κ3) is 3.06. The van der Waals surface area contributed by atoms with Crippen molar-refractivity contribution in [2.45, 2.75) is 26.4 Å². The number of ketones is 1. The maximum atomic E-state index is 12.7. The summed E-state index contributed by atoms with van der Waals surface area (Å²) < 4.78 is 11.7. The van der Waals surface area contributed by atoms with Gasteiger partial charge in [-0.15, -0.1) is 0 Å². The second-order valence-corrected chi connectivity index (χ2v) is 6.82. The van der Waals surface area contributed by atoms with Gasteiger partial charge >= 0.3 is 0 Å². The van der Waals surface area contributed by atoms with Crippen molar-refractivity contribution in [3.63, 3.8) is 0 Å². The van der Waals surface area contributed by atoms with E-state index in [0.717, 1.165) is 11.3 Å². The number of allylic oxidation sites excluding steroid dienone is 1. The van der Waals surface area contributed by atoms with E-state index in [2.05, 4.69) is 18.7 Å². The van der Waals surface area contributed by atoms with E-state index in [9.17, 15) is 14.9 Å². The minimum Gasteiger partial charge on any atom is -0.478 e. The average molecular weight is 366 g/mol. The lowest BCUT2D eigenvalue weighted by atomic mass is 10.0. The molecule has 0 N–H and O–H groups in total. The fraction of sp³-hybridized carbons (Fsp3) is 0.250. The minimum atomic E-state index is -0.462. The van der Waals surface area contributed by atoms with Crippen molar-refractivity contribution < 1.29 is 19.2 Å². The lowest BCUT2D eigenvalue weighted by molar-refractivity contribution is -0.384. The highest BCUT2D eigenvalue weighted by atomic mass is 16.6. The Balaban J connectivity index is 1.66. The summed E-state index contributed by atoms with van der Waals surface area (Å²) >= 11 is 0. The number of fused-ring (bicyclic) bond motifs is 3. The first-order valence-corrected chi connectivity index (χ1v) is 8.65. The summed E-state index contributed by atoms with van der Waals surface area (Å²) in [6, 6.07) is 9.80. The minimum absolute atomic E-state index is 0.000835. The molecule has 0 saturated carbocycles. The number of hydrogen-bond donors (Lipinski definition) is 0. The fourth-order valence-corrected chi connectivity index (χ4v) is 3.15. The number of nitro groups is 1. The van der Waals surface area contributed by atoms with E-state index in [1.165, 1.54) is 12.1 Å². The fourth-order valence-electron chi connectivity index (χ4n) is 3.15. The number of hydrogen-bond acceptors (Lipinski definition) is 6. The molecular weight excluding hydrogens is 348 g/mol. The Morgan fingerprint density at radius 3 is 2.59 bits per heavy atom. The third-order valence-corrected chi connectivity index (χ3v) is 4.78. The number of ether oxygens (including phenoxy) is 2. The molecule has 138 valence electrons. The Morgan fingerprint density at radius 1 is 1.19 bits per heavy atom. The molecule has 0 unspecified atom stereocenters. The normalized spacial score (nSPS) is 17.4. The molecule has 0 bridgehead atoms. The van der Waals surface area contributed by atoms with E-state index in [0.29, 0.717) is 36.2 Å². The van der Waals surface area contributed by atoms with Crippen LogP contribution in [0.25, 0.3) is 6.08 Å². The second-order valence-electron chi connectivity index (χ2n) is 6.82. The van der Waals surface area contributed by atoms with Gasteiger partial charge in [0.1, 0.15) is 18.2 Å². The molecule has 0 atom stereocenters. The first-order chi connectivity index (χ1) is 12.9. The van der Waals surface area contributed by atoms with Gasteiger partial charge in [0.15, 0.2) is 5.76 Å². The Morgan fingerprint density at radius 2 is 1.93 bits per heavy atom. The van der Waals surface area contributed by atoms with Crippen LogP contribution in [0.2, 0.25) is 0 Å². The molecule has 0 saturated heterocycles. The summed E-state index contributed by atoms with van der Waals surface area (Å²) in [5, 5.41) is 10.8. The molecule has 4 rings (SSSR count). The molecule has 0 radical (unpaired) electrons. The van der Waals surface area contributed by atoms with Crippen LogP contribution in [0, 0.1) is 10.1 Å². The van der Waals surface area contributed by atoms with Crippen molar-refractivity contribution >= 4 is 17.5 Å². The lowest BCUT2D eigenvalue weighted by Crippen LogP contribution is -2.37. The number of benzene rings is 2. The lowest BCUT2D eigenvalue weighted by Gasteiger charge is -2.32. The highest BCUT2D eigenvalue weighted by molar-refractivity contribution is 6.15. The molecule has 0 aromatic heterocycles. The first kappa shape index (κ1) is 17.2. The van der Waals surface area contributed by atoms with Crippen LogP contribution in [0.15, 0.2) is 42.2 Å². The summed E-state index contributed by atoms with van der Waals surface area (Å²) in [4.78, 5) is 25.2. The third-order valence-electron chi connectivity index (χ3n) is 4.78. The summed E-state index contributed by atoms with van der Waals surface area (Å²) in [7, 11) is 0. The van der Waals surface area contributed by atoms with Gasteiger partial charge in [-0.25, -0.2) is 0 Å². The highest BCUT2D eigenvalue weighted by Crippen LogP contribution is 2.42. The van der Waals surface area contributed by atoms with E-state index in [-0.39, 0.29) is 17.2 Å². The molecule has 2 aromatic rings. The maximum Gasteiger partial charge on any atom is 0.269 e. The van der Waals surface area contributed by atoms with Crippen molar-refractivity contribution in [1.29, 1.82) is 0 Å². The van der Waals surface area contributed by atoms with E-state index < -0.39 is 4.92 Å². The van der Waals surface area contributed by atoms with Crippen LogP contribution in [0.3, 0.4) is 0 Å². The molecule has 0 spiro atoms. The zero-order chi connectivity index (χ0) is 19.1. The van der Waals surface area contributed by atoms with E-state index >= 15 is 0 Å². The molecule has 0 amide bonds. The average Bonchev–Trinajstić information content (AvgIpc) is 2.98. The Hall–Kier alpha value is -3.19. The Bertz CT molecular complexity index is 963. The van der Waals surface area contributed by atoms with Gasteiger partial charge in [-0.1, -0.05) is 0 Å². The standard InChI is InChI=1S/C20H18N2O5/c1-12(2)21-10-16-17(26-11-21)8-7-15-19(23)18(27-20(15)16)9-13-3-5-14(6-4-13)22(24)25/h3-9,12H,10-11H2,1-2H3/b18-9+. The van der Waals surface area contributed by atoms with E-state index in [1.54, 1.807) is 24.3 Å². The molecule has 0 aliphatic carbocycles. The molecular formula is C20H18N2O5. The van der Waals surface area contributed by atoms with Crippen molar-refractivity contribution in [1.82, 2.24) is 4.90 Å². The van der Waals surface area contributed by atoms with Crippen LogP contribution in [0.1, 0.15) is 35.3 Å². The van der Waals surface area contributed by atoms with Crippen LogP contribution in [0.4, 0.5) is 5.69 Å². The number of nitro benzene ring substituents is 1. The number of nitrogens with zero attached hydrogens (tertiary/aromatic N) is 2. The van der Waals surface area contributed by atoms with Crippen LogP contribution in [-0.4, -0.2) is 28.4 Å². The highest BCUT2D eigenvalue weighted by Gasteiger charge is 2.34. The van der Waals surface area contributed by atoms with Gasteiger partial charge in [0.25, 0.3) is 5.69 Å². The molecule has 2 heterocycles. The summed E-state index contributed by atoms with van der Waals surface area (Å²) in [6.07, 6.45) is 1.60. The van der Waals surface area contributed by atoms with Gasteiger partial charge in [0, 0.05) is 24.7 Å². The van der Waals surface area contributed by atoms with Crippen molar-refractivity contribution in [2.75, 3.05) is 6.73 Å². The Labute approximate surface area is 156 Å². The number of rotatable bonds is 3. The van der Waals surface area contributed by atoms with Gasteiger partial charge in [-0.3, -0.25) is 19.8 Å². The van der Waals surface area contributed by atoms with E-state index in [4.69, 9.17) is 9.47 Å². The summed E-state index contributed by atoms with van der Waals surface area (Å²) in [5.74, 6) is 1.27. The van der Waals surface area contributed by atoms with Gasteiger partial charge in [-0.05, 0) is 49.8 Å². The number of non-ortho nitro benzene ring substituents is 1. The topological polar surface area (TPSA) is 81.9 Å². The zero-order valence-corrected chi connectivity index (χ0v) is 15.0. The quantitative estimate of drug-likeness (QED) is 0.467. The smallest absolute Gasteiger partial charge is 0.269 e. The summed E-state index contributed by atoms with van der Waals surface area (Å²) in [5.41, 5.74) is 2.04. The number of Topliss-reactive ketones (excluding diaryl/α,β-unsaturated/α-hetero) is 1. The van der Waals surface area contributed by atoms with Gasteiger partial charge in [0.05, 0.1) is 16.1 Å². The predicted octanol–water partition coefficient (Wildman–Crippen LogP) is 3.77. The molecule has 0 fully saturated rings. The van der Waals surface area contributed by atoms with Gasteiger partial charge < -0.3 is 9.47 Å². The van der Waals surface area contributed by atoms with E-state index in [1.807, 2.05) is 6.07 Å². The SMILES string of the molecule is CC(C)N1COc2ccc3c(c2C1)O/C(=C/c1ccc([N+](=O)[O-])cc1)C3=O. The molecule has 27 heavy (non-hydrogen) atoms. The van der Waals surface area contributed by atoms with Gasteiger partial charge in [0.2, 0.25) is 5.78 Å². The Kier molecular flexibility index (Phi) is 4.16. The largest absolute Gasteiger partial charge is 0.478 e. The van der Waals surface area contributed by atoms with Crippen LogP contribution < -0.4 is 9.47 Å². The first-order valence-electron chi connectivity index (χ1n) is 8.65. The van der Waals surface area contributed by atoms with Crippen LogP contribution >= 0.6 is 0 Å². The zero-order valence-electron chi connectivity index (χ0n) is 15.0. The predicted molar refractivity (Wildman–Crippen MR) is 98.6 cm³/mol. The molecule has 2 aliphatic rings. The van der Waals surface area contributed by atoms with Crippen LogP contribution in [0.5, 0.6) is 11.5 Å². The molecule has 2 aromatic carbocycles. The monoisotopic (exact) mass is 366 g/mol. The molecule has 7 nitrogen and oxygen atoms in total. The van der Waals surface area contributed by atoms with Gasteiger partial charge in [-0.2, -0.15) is 0 Å². The van der Waals surface area contributed by atoms with Crippen molar-refractivity contribution in [2.24, 2.45) is 0 Å². The molecule has 7 heteroatoms. The number of carbonyl (C=O) groups excluding carboxylic acids is 1. The maximum absolute atomic E-state index is 12.7. The summed E-state index contributed by atoms with van der Waals surface area (Å²) in [6.45, 7) is 5.32. The number of carbonyl (C=O) groups is 1. The second kappa shape index (κ2) is 6.51. The van der Waals surface area contributed by atoms with Crippen molar-refractivity contribution in [3.8, 4) is 11.5 Å². The van der Waals surface area contributed by atoms with Crippen LogP contribution in [-0.2, 0) is 6.54 Å².